The molecule has 2 rings (SSSR count). The van der Waals surface area contributed by atoms with E-state index < -0.39 is 12.1 Å². The monoisotopic (exact) mass is 341 g/mol. The first-order valence-electron chi connectivity index (χ1n) is 8.26. The Balaban J connectivity index is 1.78. The third-order valence-electron chi connectivity index (χ3n) is 3.63. The molecule has 0 aliphatic rings. The standard InChI is InChI=1S/C20H23NO4/c1-4-16-8-10-17(11-9-16)21-19(22)13-24-20(23)15(3)25-18-7-5-6-14(2)12-18/h5-12,15H,4,13H2,1-3H3,(H,21,22)/t15-/m0/s1. The number of carbonyl (C=O) groups excluding carboxylic acids is 2. The zero-order valence-corrected chi connectivity index (χ0v) is 14.7. The predicted molar refractivity (Wildman–Crippen MR) is 96.7 cm³/mol. The molecular formula is C20H23NO4. The number of benzene rings is 2. The van der Waals surface area contributed by atoms with Crippen LogP contribution >= 0.6 is 0 Å². The van der Waals surface area contributed by atoms with E-state index in [2.05, 4.69) is 12.2 Å². The average Bonchev–Trinajstić information content (AvgIpc) is 2.60. The van der Waals surface area contributed by atoms with Crippen LogP contribution in [0.3, 0.4) is 0 Å². The number of esters is 1. The van der Waals surface area contributed by atoms with Crippen molar-refractivity contribution in [1.82, 2.24) is 0 Å². The summed E-state index contributed by atoms with van der Waals surface area (Å²) in [6, 6.07) is 14.9. The molecule has 1 amide bonds. The number of aryl methyl sites for hydroxylation is 2. The lowest BCUT2D eigenvalue weighted by atomic mass is 10.1. The zero-order chi connectivity index (χ0) is 18.2. The van der Waals surface area contributed by atoms with Crippen molar-refractivity contribution in [3.8, 4) is 5.75 Å². The van der Waals surface area contributed by atoms with Crippen LogP contribution in [0, 0.1) is 6.92 Å². The average molecular weight is 341 g/mol. The van der Waals surface area contributed by atoms with Gasteiger partial charge in [-0.3, -0.25) is 4.79 Å². The lowest BCUT2D eigenvalue weighted by Gasteiger charge is -2.14. The van der Waals surface area contributed by atoms with Crippen molar-refractivity contribution >= 4 is 17.6 Å². The highest BCUT2D eigenvalue weighted by molar-refractivity contribution is 5.93. The summed E-state index contributed by atoms with van der Waals surface area (Å²) < 4.78 is 10.5. The predicted octanol–water partition coefficient (Wildman–Crippen LogP) is 3.51. The van der Waals surface area contributed by atoms with Gasteiger partial charge < -0.3 is 14.8 Å². The minimum absolute atomic E-state index is 0.351. The molecule has 25 heavy (non-hydrogen) atoms. The summed E-state index contributed by atoms with van der Waals surface area (Å²) in [4.78, 5) is 23.8. The van der Waals surface area contributed by atoms with Gasteiger partial charge in [0.25, 0.3) is 5.91 Å². The number of ether oxygens (including phenoxy) is 2. The van der Waals surface area contributed by atoms with Crippen LogP contribution in [0.15, 0.2) is 48.5 Å². The second-order valence-electron chi connectivity index (χ2n) is 5.78. The van der Waals surface area contributed by atoms with Crippen LogP contribution < -0.4 is 10.1 Å². The molecule has 0 aromatic heterocycles. The molecule has 0 aliphatic heterocycles. The minimum Gasteiger partial charge on any atom is -0.479 e. The van der Waals surface area contributed by atoms with E-state index in [-0.39, 0.29) is 12.5 Å². The fraction of sp³-hybridized carbons (Fsp3) is 0.300. The molecule has 5 nitrogen and oxygen atoms in total. The van der Waals surface area contributed by atoms with Gasteiger partial charge in [0, 0.05) is 5.69 Å². The van der Waals surface area contributed by atoms with Gasteiger partial charge in [0.15, 0.2) is 12.7 Å². The Morgan fingerprint density at radius 3 is 2.48 bits per heavy atom. The number of hydrogen-bond acceptors (Lipinski definition) is 4. The van der Waals surface area contributed by atoms with E-state index in [0.717, 1.165) is 12.0 Å². The normalized spacial score (nSPS) is 11.5. The lowest BCUT2D eigenvalue weighted by molar-refractivity contribution is -0.153. The van der Waals surface area contributed by atoms with Gasteiger partial charge >= 0.3 is 5.97 Å². The summed E-state index contributed by atoms with van der Waals surface area (Å²) in [5.41, 5.74) is 2.89. The second-order valence-corrected chi connectivity index (χ2v) is 5.78. The quantitative estimate of drug-likeness (QED) is 0.783. The summed E-state index contributed by atoms with van der Waals surface area (Å²) in [7, 11) is 0. The fourth-order valence-corrected chi connectivity index (χ4v) is 2.22. The maximum Gasteiger partial charge on any atom is 0.347 e. The van der Waals surface area contributed by atoms with Crippen molar-refractivity contribution in [2.45, 2.75) is 33.3 Å². The summed E-state index contributed by atoms with van der Waals surface area (Å²) in [6.07, 6.45) is 0.142. The van der Waals surface area contributed by atoms with Crippen LogP contribution in [-0.2, 0) is 20.7 Å². The van der Waals surface area contributed by atoms with Crippen LogP contribution in [0.5, 0.6) is 5.75 Å². The third-order valence-corrected chi connectivity index (χ3v) is 3.63. The van der Waals surface area contributed by atoms with Gasteiger partial charge in [-0.25, -0.2) is 4.79 Å². The van der Waals surface area contributed by atoms with Gasteiger partial charge in [-0.15, -0.1) is 0 Å². The Kier molecular flexibility index (Phi) is 6.57. The highest BCUT2D eigenvalue weighted by atomic mass is 16.6. The van der Waals surface area contributed by atoms with Crippen LogP contribution in [0.1, 0.15) is 25.0 Å². The Bertz CT molecular complexity index is 725. The van der Waals surface area contributed by atoms with Crippen molar-refractivity contribution in [2.75, 3.05) is 11.9 Å². The highest BCUT2D eigenvalue weighted by Gasteiger charge is 2.18. The van der Waals surface area contributed by atoms with Crippen LogP contribution in [0.25, 0.3) is 0 Å². The number of nitrogens with one attached hydrogen (secondary N) is 1. The number of carbonyl (C=O) groups is 2. The van der Waals surface area contributed by atoms with Gasteiger partial charge in [-0.1, -0.05) is 31.2 Å². The van der Waals surface area contributed by atoms with E-state index in [1.165, 1.54) is 5.56 Å². The van der Waals surface area contributed by atoms with E-state index in [9.17, 15) is 9.59 Å². The van der Waals surface area contributed by atoms with Gasteiger partial charge in [0.1, 0.15) is 5.75 Å². The highest BCUT2D eigenvalue weighted by Crippen LogP contribution is 2.14. The number of rotatable bonds is 7. The summed E-state index contributed by atoms with van der Waals surface area (Å²) in [5.74, 6) is -0.386. The van der Waals surface area contributed by atoms with E-state index >= 15 is 0 Å². The van der Waals surface area contributed by atoms with Crippen LogP contribution in [-0.4, -0.2) is 24.6 Å². The minimum atomic E-state index is -0.793. The van der Waals surface area contributed by atoms with Crippen molar-refractivity contribution in [2.24, 2.45) is 0 Å². The van der Waals surface area contributed by atoms with E-state index in [4.69, 9.17) is 9.47 Å². The molecular weight excluding hydrogens is 318 g/mol. The largest absolute Gasteiger partial charge is 0.479 e. The fourth-order valence-electron chi connectivity index (χ4n) is 2.22. The zero-order valence-electron chi connectivity index (χ0n) is 14.7. The van der Waals surface area contributed by atoms with Crippen LogP contribution in [0.2, 0.25) is 0 Å². The first-order valence-corrected chi connectivity index (χ1v) is 8.26. The molecule has 0 spiro atoms. The van der Waals surface area contributed by atoms with E-state index in [1.54, 1.807) is 13.0 Å². The lowest BCUT2D eigenvalue weighted by Crippen LogP contribution is -2.29. The smallest absolute Gasteiger partial charge is 0.347 e. The molecule has 2 aromatic rings. The van der Waals surface area contributed by atoms with Crippen molar-refractivity contribution in [3.63, 3.8) is 0 Å². The molecule has 0 aliphatic carbocycles. The molecule has 5 heteroatoms. The summed E-state index contributed by atoms with van der Waals surface area (Å²) in [5, 5.41) is 2.69. The summed E-state index contributed by atoms with van der Waals surface area (Å²) >= 11 is 0. The van der Waals surface area contributed by atoms with E-state index in [0.29, 0.717) is 11.4 Å². The molecule has 1 atom stereocenters. The van der Waals surface area contributed by atoms with Crippen molar-refractivity contribution < 1.29 is 19.1 Å². The number of anilines is 1. The molecule has 2 aromatic carbocycles. The molecule has 0 unspecified atom stereocenters. The molecule has 0 saturated heterocycles. The molecule has 0 fully saturated rings. The van der Waals surface area contributed by atoms with Gasteiger partial charge in [-0.05, 0) is 55.7 Å². The van der Waals surface area contributed by atoms with Crippen molar-refractivity contribution in [1.29, 1.82) is 0 Å². The Labute approximate surface area is 148 Å². The molecule has 0 bridgehead atoms. The Morgan fingerprint density at radius 2 is 1.84 bits per heavy atom. The number of amides is 1. The molecule has 1 N–H and O–H groups in total. The van der Waals surface area contributed by atoms with Gasteiger partial charge in [0.05, 0.1) is 0 Å². The molecule has 0 radical (unpaired) electrons. The van der Waals surface area contributed by atoms with Crippen molar-refractivity contribution in [3.05, 3.63) is 59.7 Å². The maximum atomic E-state index is 11.9. The molecule has 132 valence electrons. The third kappa shape index (κ3) is 5.95. The summed E-state index contributed by atoms with van der Waals surface area (Å²) in [6.45, 7) is 5.24. The first-order chi connectivity index (χ1) is 12.0. The second kappa shape index (κ2) is 8.87. The van der Waals surface area contributed by atoms with Gasteiger partial charge in [-0.2, -0.15) is 0 Å². The molecule has 0 saturated carbocycles. The van der Waals surface area contributed by atoms with Crippen LogP contribution in [0.4, 0.5) is 5.69 Å². The first kappa shape index (κ1) is 18.5. The SMILES string of the molecule is CCc1ccc(NC(=O)COC(=O)[C@H](C)Oc2cccc(C)c2)cc1. The molecule has 0 heterocycles. The van der Waals surface area contributed by atoms with Gasteiger partial charge in [0.2, 0.25) is 0 Å². The number of hydrogen-bond donors (Lipinski definition) is 1. The maximum absolute atomic E-state index is 11.9. The Morgan fingerprint density at radius 1 is 1.12 bits per heavy atom. The topological polar surface area (TPSA) is 64.6 Å². The van der Waals surface area contributed by atoms with E-state index in [1.807, 2.05) is 49.4 Å². The Hall–Kier alpha value is -2.82.